The maximum Gasteiger partial charge on any atom is 0.251 e. The van der Waals surface area contributed by atoms with Crippen LogP contribution in [0.15, 0.2) is 71.3 Å². The molecule has 2 amide bonds. The van der Waals surface area contributed by atoms with E-state index in [2.05, 4.69) is 16.0 Å². The van der Waals surface area contributed by atoms with Crippen LogP contribution in [0.4, 0.5) is 11.4 Å². The average Bonchev–Trinajstić information content (AvgIpc) is 3.25. The molecule has 0 saturated heterocycles. The summed E-state index contributed by atoms with van der Waals surface area (Å²) in [5.74, 6) is 1.02. The number of ether oxygens (including phenoxy) is 1. The first-order valence-corrected chi connectivity index (χ1v) is 9.70. The van der Waals surface area contributed by atoms with E-state index in [1.54, 1.807) is 54.8 Å². The lowest BCUT2D eigenvalue weighted by molar-refractivity contribution is -0.114. The number of carbonyl (C=O) groups excluding carboxylic acids is 2. The van der Waals surface area contributed by atoms with Crippen molar-refractivity contribution in [3.8, 4) is 5.75 Å². The van der Waals surface area contributed by atoms with Crippen LogP contribution in [-0.4, -0.2) is 24.5 Å². The Labute approximate surface area is 175 Å². The van der Waals surface area contributed by atoms with Crippen molar-refractivity contribution in [2.45, 2.75) is 26.5 Å². The molecule has 7 nitrogen and oxygen atoms in total. The standard InChI is InChI=1S/C23H25N3O4/c1-16(2)30-20-10-8-18(9-11-20)26-22(27)15-24-19-6-3-5-17(13-19)23(28)25-14-21-7-4-12-29-21/h3-13,16,24H,14-15H2,1-2H3,(H,25,28)(H,26,27). The molecule has 0 saturated carbocycles. The van der Waals surface area contributed by atoms with Gasteiger partial charge in [-0.05, 0) is 68.4 Å². The van der Waals surface area contributed by atoms with Gasteiger partial charge in [0.2, 0.25) is 5.91 Å². The number of amides is 2. The molecule has 1 heterocycles. The van der Waals surface area contributed by atoms with E-state index in [4.69, 9.17) is 9.15 Å². The van der Waals surface area contributed by atoms with Crippen molar-refractivity contribution in [1.82, 2.24) is 5.32 Å². The smallest absolute Gasteiger partial charge is 0.251 e. The van der Waals surface area contributed by atoms with Gasteiger partial charge in [-0.25, -0.2) is 0 Å². The molecule has 3 aromatic rings. The molecule has 0 aliphatic rings. The highest BCUT2D eigenvalue weighted by atomic mass is 16.5. The van der Waals surface area contributed by atoms with Gasteiger partial charge in [-0.1, -0.05) is 6.07 Å². The molecule has 0 bridgehead atoms. The van der Waals surface area contributed by atoms with Gasteiger partial charge in [0.15, 0.2) is 0 Å². The lowest BCUT2D eigenvalue weighted by atomic mass is 10.2. The zero-order chi connectivity index (χ0) is 21.3. The van der Waals surface area contributed by atoms with Crippen LogP contribution in [0.2, 0.25) is 0 Å². The predicted molar refractivity (Wildman–Crippen MR) is 116 cm³/mol. The quantitative estimate of drug-likeness (QED) is 0.498. The highest BCUT2D eigenvalue weighted by Gasteiger charge is 2.08. The van der Waals surface area contributed by atoms with Gasteiger partial charge in [0.25, 0.3) is 5.91 Å². The third-order valence-electron chi connectivity index (χ3n) is 4.09. The molecule has 1 aromatic heterocycles. The summed E-state index contributed by atoms with van der Waals surface area (Å²) in [5, 5.41) is 8.64. The molecule has 3 N–H and O–H groups in total. The zero-order valence-corrected chi connectivity index (χ0v) is 17.0. The van der Waals surface area contributed by atoms with E-state index < -0.39 is 0 Å². The second-order valence-corrected chi connectivity index (χ2v) is 6.94. The fourth-order valence-electron chi connectivity index (χ4n) is 2.73. The van der Waals surface area contributed by atoms with Crippen LogP contribution in [0.1, 0.15) is 30.0 Å². The highest BCUT2D eigenvalue weighted by molar-refractivity contribution is 5.96. The summed E-state index contributed by atoms with van der Waals surface area (Å²) in [5.41, 5.74) is 1.85. The molecular weight excluding hydrogens is 382 g/mol. The molecule has 0 unspecified atom stereocenters. The van der Waals surface area contributed by atoms with E-state index >= 15 is 0 Å². The molecule has 30 heavy (non-hydrogen) atoms. The van der Waals surface area contributed by atoms with Crippen molar-refractivity contribution in [2.24, 2.45) is 0 Å². The molecule has 156 valence electrons. The number of hydrogen-bond acceptors (Lipinski definition) is 5. The third kappa shape index (κ3) is 6.41. The van der Waals surface area contributed by atoms with Crippen molar-refractivity contribution in [3.63, 3.8) is 0 Å². The number of rotatable bonds is 9. The fraction of sp³-hybridized carbons (Fsp3) is 0.217. The Morgan fingerprint density at radius 3 is 2.50 bits per heavy atom. The first kappa shape index (κ1) is 21.0. The van der Waals surface area contributed by atoms with E-state index in [1.165, 1.54) is 0 Å². The minimum Gasteiger partial charge on any atom is -0.491 e. The van der Waals surface area contributed by atoms with Crippen molar-refractivity contribution >= 4 is 23.2 Å². The van der Waals surface area contributed by atoms with Gasteiger partial charge in [0.05, 0.1) is 25.5 Å². The van der Waals surface area contributed by atoms with E-state index in [9.17, 15) is 9.59 Å². The summed E-state index contributed by atoms with van der Waals surface area (Å²) in [6, 6.07) is 17.7. The van der Waals surface area contributed by atoms with Crippen LogP contribution in [0.3, 0.4) is 0 Å². The lowest BCUT2D eigenvalue weighted by Gasteiger charge is -2.11. The molecule has 0 radical (unpaired) electrons. The lowest BCUT2D eigenvalue weighted by Crippen LogP contribution is -2.23. The summed E-state index contributed by atoms with van der Waals surface area (Å²) in [7, 11) is 0. The number of benzene rings is 2. The van der Waals surface area contributed by atoms with Crippen LogP contribution in [0.25, 0.3) is 0 Å². The third-order valence-corrected chi connectivity index (χ3v) is 4.09. The number of anilines is 2. The zero-order valence-electron chi connectivity index (χ0n) is 17.0. The molecule has 7 heteroatoms. The van der Waals surface area contributed by atoms with Crippen molar-refractivity contribution in [2.75, 3.05) is 17.2 Å². The summed E-state index contributed by atoms with van der Waals surface area (Å²) in [4.78, 5) is 24.5. The van der Waals surface area contributed by atoms with Crippen LogP contribution >= 0.6 is 0 Å². The number of nitrogens with one attached hydrogen (secondary N) is 3. The van der Waals surface area contributed by atoms with Gasteiger partial charge in [0, 0.05) is 16.9 Å². The topological polar surface area (TPSA) is 92.6 Å². The molecule has 0 aliphatic heterocycles. The Morgan fingerprint density at radius 2 is 1.80 bits per heavy atom. The first-order chi connectivity index (χ1) is 14.5. The number of hydrogen-bond donors (Lipinski definition) is 3. The Bertz CT molecular complexity index is 966. The summed E-state index contributed by atoms with van der Waals surface area (Å²) >= 11 is 0. The second-order valence-electron chi connectivity index (χ2n) is 6.94. The number of carbonyl (C=O) groups is 2. The molecule has 0 spiro atoms. The van der Waals surface area contributed by atoms with Gasteiger partial charge < -0.3 is 25.1 Å². The van der Waals surface area contributed by atoms with Gasteiger partial charge in [-0.15, -0.1) is 0 Å². The van der Waals surface area contributed by atoms with Crippen LogP contribution in [-0.2, 0) is 11.3 Å². The average molecular weight is 407 g/mol. The molecule has 2 aromatic carbocycles. The van der Waals surface area contributed by atoms with E-state index in [-0.39, 0.29) is 24.5 Å². The Hall–Kier alpha value is -3.74. The highest BCUT2D eigenvalue weighted by Crippen LogP contribution is 2.17. The van der Waals surface area contributed by atoms with Gasteiger partial charge >= 0.3 is 0 Å². The summed E-state index contributed by atoms with van der Waals surface area (Å²) in [6.07, 6.45) is 1.66. The predicted octanol–water partition coefficient (Wildman–Crippen LogP) is 4.05. The molecule has 0 atom stereocenters. The van der Waals surface area contributed by atoms with Crippen LogP contribution < -0.4 is 20.7 Å². The minimum atomic E-state index is -0.219. The minimum absolute atomic E-state index is 0.0711. The van der Waals surface area contributed by atoms with E-state index in [0.29, 0.717) is 29.2 Å². The van der Waals surface area contributed by atoms with Crippen LogP contribution in [0.5, 0.6) is 5.75 Å². The summed E-state index contributed by atoms with van der Waals surface area (Å²) in [6.45, 7) is 4.30. The van der Waals surface area contributed by atoms with Gasteiger partial charge in [-0.3, -0.25) is 9.59 Å². The Kier molecular flexibility index (Phi) is 7.10. The van der Waals surface area contributed by atoms with E-state index in [1.807, 2.05) is 26.0 Å². The monoisotopic (exact) mass is 407 g/mol. The normalized spacial score (nSPS) is 10.5. The molecule has 0 fully saturated rings. The molecular formula is C23H25N3O4. The summed E-state index contributed by atoms with van der Waals surface area (Å²) < 4.78 is 10.8. The largest absolute Gasteiger partial charge is 0.491 e. The maximum atomic E-state index is 12.3. The van der Waals surface area contributed by atoms with Crippen molar-refractivity contribution < 1.29 is 18.7 Å². The van der Waals surface area contributed by atoms with E-state index in [0.717, 1.165) is 5.75 Å². The fourth-order valence-corrected chi connectivity index (χ4v) is 2.73. The van der Waals surface area contributed by atoms with Crippen molar-refractivity contribution in [3.05, 3.63) is 78.3 Å². The van der Waals surface area contributed by atoms with Crippen LogP contribution in [0, 0.1) is 0 Å². The van der Waals surface area contributed by atoms with Gasteiger partial charge in [-0.2, -0.15) is 0 Å². The first-order valence-electron chi connectivity index (χ1n) is 9.70. The molecule has 0 aliphatic carbocycles. The SMILES string of the molecule is CC(C)Oc1ccc(NC(=O)CNc2cccc(C(=O)NCc3ccco3)c2)cc1. The van der Waals surface area contributed by atoms with Gasteiger partial charge in [0.1, 0.15) is 11.5 Å². The Morgan fingerprint density at radius 1 is 1.00 bits per heavy atom. The molecule has 3 rings (SSSR count). The Balaban J connectivity index is 1.48. The van der Waals surface area contributed by atoms with Crippen molar-refractivity contribution in [1.29, 1.82) is 0 Å². The maximum absolute atomic E-state index is 12.3. The second kappa shape index (κ2) is 10.2. The number of furan rings is 1.